The Bertz CT molecular complexity index is 1150. The second-order valence-electron chi connectivity index (χ2n) is 10.1. The van der Waals surface area contributed by atoms with Crippen LogP contribution in [0, 0.1) is 21.4 Å². The molecule has 0 unspecified atom stereocenters. The first-order valence-electron chi connectivity index (χ1n) is 11.8. The van der Waals surface area contributed by atoms with Gasteiger partial charge >= 0.3 is 6.18 Å². The maximum Gasteiger partial charge on any atom is 0.416 e. The van der Waals surface area contributed by atoms with Gasteiger partial charge in [-0.2, -0.15) is 18.2 Å². The molecule has 1 aliphatic carbocycles. The molecule has 184 valence electrons. The average molecular weight is 497 g/mol. The van der Waals surface area contributed by atoms with Crippen LogP contribution in [0.1, 0.15) is 50.5 Å². The summed E-state index contributed by atoms with van der Waals surface area (Å²) in [4.78, 5) is 31.7. The number of fused-ring (bicyclic) bond motifs is 1. The fourth-order valence-electron chi connectivity index (χ4n) is 5.74. The van der Waals surface area contributed by atoms with E-state index in [1.165, 1.54) is 38.6 Å². The Balaban J connectivity index is 1.30. The van der Waals surface area contributed by atoms with Crippen LogP contribution in [0.5, 0.6) is 0 Å². The summed E-state index contributed by atoms with van der Waals surface area (Å²) in [5.74, 6) is 0.813. The van der Waals surface area contributed by atoms with Crippen molar-refractivity contribution in [2.75, 3.05) is 37.6 Å². The number of piperidine rings is 1. The quantitative estimate of drug-likeness (QED) is 0.435. The van der Waals surface area contributed by atoms with E-state index in [9.17, 15) is 28.1 Å². The van der Waals surface area contributed by atoms with Crippen LogP contribution in [-0.4, -0.2) is 47.5 Å². The molecule has 0 bridgehead atoms. The Morgan fingerprint density at radius 2 is 1.82 bits per heavy atom. The molecule has 7 nitrogen and oxygen atoms in total. The minimum Gasteiger partial charge on any atom is -0.347 e. The van der Waals surface area contributed by atoms with Crippen LogP contribution in [0.25, 0.3) is 10.1 Å². The molecule has 0 amide bonds. The molecule has 11 heteroatoms. The van der Waals surface area contributed by atoms with Crippen molar-refractivity contribution in [3.8, 4) is 0 Å². The molecule has 34 heavy (non-hydrogen) atoms. The van der Waals surface area contributed by atoms with E-state index in [1.807, 2.05) is 4.90 Å². The van der Waals surface area contributed by atoms with Gasteiger partial charge in [0.25, 0.3) is 11.2 Å². The van der Waals surface area contributed by atoms with E-state index in [2.05, 4.69) is 9.88 Å². The van der Waals surface area contributed by atoms with Crippen molar-refractivity contribution in [3.63, 3.8) is 0 Å². The highest BCUT2D eigenvalue weighted by Crippen LogP contribution is 2.45. The number of anilines is 1. The molecule has 0 N–H and O–H groups in total. The average Bonchev–Trinajstić information content (AvgIpc) is 2.77. The van der Waals surface area contributed by atoms with Crippen molar-refractivity contribution in [3.05, 3.63) is 38.2 Å². The zero-order valence-corrected chi connectivity index (χ0v) is 19.6. The monoisotopic (exact) mass is 496 g/mol. The summed E-state index contributed by atoms with van der Waals surface area (Å²) < 4.78 is 39.5. The number of alkyl halides is 3. The Morgan fingerprint density at radius 3 is 2.44 bits per heavy atom. The van der Waals surface area contributed by atoms with Crippen LogP contribution < -0.4 is 10.5 Å². The van der Waals surface area contributed by atoms with Gasteiger partial charge < -0.3 is 9.80 Å². The van der Waals surface area contributed by atoms with E-state index < -0.39 is 27.9 Å². The minimum absolute atomic E-state index is 0.0590. The number of likely N-dealkylation sites (tertiary alicyclic amines) is 1. The summed E-state index contributed by atoms with van der Waals surface area (Å²) in [5, 5.41) is 11.5. The Labute approximate surface area is 198 Å². The Morgan fingerprint density at radius 1 is 1.15 bits per heavy atom. The summed E-state index contributed by atoms with van der Waals surface area (Å²) in [6, 6.07) is 1.17. The van der Waals surface area contributed by atoms with E-state index in [0.29, 0.717) is 30.4 Å². The highest BCUT2D eigenvalue weighted by Gasteiger charge is 2.46. The maximum absolute atomic E-state index is 13.2. The molecular weight excluding hydrogens is 469 g/mol. The van der Waals surface area contributed by atoms with Crippen molar-refractivity contribution in [2.45, 2.75) is 51.1 Å². The van der Waals surface area contributed by atoms with Crippen LogP contribution in [0.4, 0.5) is 24.0 Å². The molecule has 1 saturated carbocycles. The first kappa shape index (κ1) is 23.5. The number of benzene rings is 1. The first-order valence-corrected chi connectivity index (χ1v) is 12.6. The van der Waals surface area contributed by atoms with Crippen LogP contribution in [0.15, 0.2) is 16.9 Å². The fraction of sp³-hybridized carbons (Fsp3) is 0.652. The molecule has 0 atom stereocenters. The van der Waals surface area contributed by atoms with E-state index in [-0.39, 0.29) is 15.5 Å². The lowest BCUT2D eigenvalue weighted by Crippen LogP contribution is -2.61. The summed E-state index contributed by atoms with van der Waals surface area (Å²) in [6.45, 7) is 4.71. The number of non-ortho nitro benzene ring substituents is 1. The molecule has 1 spiro atoms. The van der Waals surface area contributed by atoms with Crippen LogP contribution in [-0.2, 0) is 6.18 Å². The molecule has 2 aliphatic heterocycles. The highest BCUT2D eigenvalue weighted by molar-refractivity contribution is 7.22. The van der Waals surface area contributed by atoms with Crippen molar-refractivity contribution in [1.29, 1.82) is 0 Å². The van der Waals surface area contributed by atoms with Gasteiger partial charge in [-0.05, 0) is 50.8 Å². The molecule has 5 rings (SSSR count). The predicted octanol–water partition coefficient (Wildman–Crippen LogP) is 5.07. The van der Waals surface area contributed by atoms with E-state index in [4.69, 9.17) is 0 Å². The van der Waals surface area contributed by atoms with E-state index >= 15 is 0 Å². The summed E-state index contributed by atoms with van der Waals surface area (Å²) in [7, 11) is 0. The summed E-state index contributed by atoms with van der Waals surface area (Å²) in [6.07, 6.45) is 4.05. The van der Waals surface area contributed by atoms with Crippen LogP contribution >= 0.6 is 11.3 Å². The van der Waals surface area contributed by atoms with Crippen molar-refractivity contribution in [2.24, 2.45) is 11.3 Å². The molecule has 3 heterocycles. The second-order valence-corrected chi connectivity index (χ2v) is 11.1. The normalized spacial score (nSPS) is 21.7. The largest absolute Gasteiger partial charge is 0.416 e. The van der Waals surface area contributed by atoms with Crippen molar-refractivity contribution >= 4 is 32.2 Å². The highest BCUT2D eigenvalue weighted by atomic mass is 32.1. The van der Waals surface area contributed by atoms with E-state index in [1.54, 1.807) is 0 Å². The number of hydrogen-bond donors (Lipinski definition) is 0. The van der Waals surface area contributed by atoms with Gasteiger partial charge in [-0.15, -0.1) is 0 Å². The lowest BCUT2D eigenvalue weighted by molar-refractivity contribution is -0.383. The number of halogens is 3. The minimum atomic E-state index is -4.79. The van der Waals surface area contributed by atoms with Gasteiger partial charge in [-0.25, -0.2) is 0 Å². The zero-order chi connectivity index (χ0) is 24.1. The number of nitro benzene ring substituents is 1. The van der Waals surface area contributed by atoms with Crippen molar-refractivity contribution < 1.29 is 18.1 Å². The number of rotatable bonds is 4. The van der Waals surface area contributed by atoms with Gasteiger partial charge in [0, 0.05) is 31.1 Å². The summed E-state index contributed by atoms with van der Waals surface area (Å²) >= 11 is 0.926. The number of hydrogen-bond acceptors (Lipinski definition) is 7. The third kappa shape index (κ3) is 4.51. The SMILES string of the molecule is O=c1nc(N2CC3(CCN(CC4CCCCC4)CC3)C2)sc2c([N+](=O)[O-])cc(C(F)(F)F)cc12. The molecule has 1 aromatic carbocycles. The molecule has 2 saturated heterocycles. The Kier molecular flexibility index (Phi) is 6.04. The third-order valence-electron chi connectivity index (χ3n) is 7.70. The van der Waals surface area contributed by atoms with Gasteiger partial charge in [0.05, 0.1) is 15.9 Å². The van der Waals surface area contributed by atoms with E-state index in [0.717, 1.165) is 43.2 Å². The lowest BCUT2D eigenvalue weighted by atomic mass is 9.72. The van der Waals surface area contributed by atoms with Gasteiger partial charge in [0.2, 0.25) is 0 Å². The third-order valence-corrected chi connectivity index (χ3v) is 8.86. The van der Waals surface area contributed by atoms with Crippen molar-refractivity contribution in [1.82, 2.24) is 9.88 Å². The van der Waals surface area contributed by atoms with Crippen LogP contribution in [0.3, 0.4) is 0 Å². The standard InChI is InChI=1S/C23H27F3N4O3S/c24-23(25,26)16-10-17-19(18(11-16)30(32)33)34-21(27-20(17)31)29-13-22(14-29)6-8-28(9-7-22)12-15-4-2-1-3-5-15/h10-11,15H,1-9,12-14H2. The smallest absolute Gasteiger partial charge is 0.347 e. The second kappa shape index (κ2) is 8.75. The number of nitrogens with zero attached hydrogens (tertiary/aromatic N) is 4. The van der Waals surface area contributed by atoms with Crippen LogP contribution in [0.2, 0.25) is 0 Å². The molecule has 3 fully saturated rings. The first-order chi connectivity index (χ1) is 16.1. The molecular formula is C23H27F3N4O3S. The van der Waals surface area contributed by atoms with Gasteiger partial charge in [-0.1, -0.05) is 30.6 Å². The van der Waals surface area contributed by atoms with Gasteiger partial charge in [-0.3, -0.25) is 14.9 Å². The molecule has 2 aromatic rings. The lowest BCUT2D eigenvalue weighted by Gasteiger charge is -2.54. The zero-order valence-electron chi connectivity index (χ0n) is 18.8. The Hall–Kier alpha value is -2.27. The molecule has 0 radical (unpaired) electrons. The van der Waals surface area contributed by atoms with Gasteiger partial charge in [0.1, 0.15) is 4.70 Å². The van der Waals surface area contributed by atoms with Gasteiger partial charge in [0.15, 0.2) is 5.13 Å². The molecule has 1 aromatic heterocycles. The summed E-state index contributed by atoms with van der Waals surface area (Å²) in [5.41, 5.74) is -2.63. The topological polar surface area (TPSA) is 79.6 Å². The predicted molar refractivity (Wildman–Crippen MR) is 124 cm³/mol. The fourth-order valence-corrected chi connectivity index (χ4v) is 6.80. The number of aromatic nitrogens is 1. The maximum atomic E-state index is 13.2. The number of nitro groups is 1. The molecule has 3 aliphatic rings.